The summed E-state index contributed by atoms with van der Waals surface area (Å²) in [5.41, 5.74) is 1.31. The molecule has 0 amide bonds. The molecule has 0 aromatic heterocycles. The molecule has 0 aliphatic rings. The topological polar surface area (TPSA) is 52.6 Å². The van der Waals surface area contributed by atoms with Crippen LogP contribution in [0.15, 0.2) is 30.8 Å². The Bertz CT molecular complexity index is 392. The number of ether oxygens (including phenoxy) is 2. The number of hydrogen-bond acceptors (Lipinski definition) is 4. The highest BCUT2D eigenvalue weighted by atomic mass is 16.7. The lowest BCUT2D eigenvalue weighted by Crippen LogP contribution is -2.10. The summed E-state index contributed by atoms with van der Waals surface area (Å²) in [6.07, 6.45) is 1.67. The minimum atomic E-state index is -0.531. The highest BCUT2D eigenvalue weighted by molar-refractivity contribution is 5.89. The van der Waals surface area contributed by atoms with Crippen LogP contribution in [0.25, 0.3) is 6.08 Å². The molecule has 84 valence electrons. The summed E-state index contributed by atoms with van der Waals surface area (Å²) in [4.78, 5) is 21.8. The fraction of sp³-hybridized carbons (Fsp3) is 0.167. The zero-order valence-electron chi connectivity index (χ0n) is 8.93. The lowest BCUT2D eigenvalue weighted by molar-refractivity contribution is -0.149. The van der Waals surface area contributed by atoms with E-state index in [0.717, 1.165) is 5.56 Å². The largest absolute Gasteiger partial charge is 0.428 e. The number of carbonyl (C=O) groups excluding carboxylic acids is 2. The summed E-state index contributed by atoms with van der Waals surface area (Å²) in [5.74, 6) is -1.02. The molecule has 4 nitrogen and oxygen atoms in total. The highest BCUT2D eigenvalue weighted by Gasteiger charge is 2.06. The molecule has 0 heterocycles. The Morgan fingerprint density at radius 1 is 1.25 bits per heavy atom. The molecule has 0 atom stereocenters. The van der Waals surface area contributed by atoms with Crippen molar-refractivity contribution in [1.82, 2.24) is 0 Å². The molecule has 0 aliphatic heterocycles. The van der Waals surface area contributed by atoms with Gasteiger partial charge >= 0.3 is 11.9 Å². The van der Waals surface area contributed by atoms with Crippen molar-refractivity contribution in [2.24, 2.45) is 0 Å². The van der Waals surface area contributed by atoms with Crippen molar-refractivity contribution in [3.8, 4) is 0 Å². The van der Waals surface area contributed by atoms with Crippen molar-refractivity contribution in [3.63, 3.8) is 0 Å². The van der Waals surface area contributed by atoms with Gasteiger partial charge in [0.15, 0.2) is 0 Å². The number of hydrogen-bond donors (Lipinski definition) is 0. The van der Waals surface area contributed by atoms with Crippen molar-refractivity contribution >= 4 is 18.0 Å². The van der Waals surface area contributed by atoms with Crippen LogP contribution in [0.1, 0.15) is 22.8 Å². The van der Waals surface area contributed by atoms with E-state index in [1.165, 1.54) is 6.92 Å². The van der Waals surface area contributed by atoms with E-state index in [1.54, 1.807) is 30.3 Å². The standard InChI is InChI=1S/C12H12O4/c1-3-10-4-6-11(7-5-10)12(14)16-8-15-9(2)13/h3-7H,1,8H2,2H3. The highest BCUT2D eigenvalue weighted by Crippen LogP contribution is 2.06. The van der Waals surface area contributed by atoms with Crippen molar-refractivity contribution in [2.75, 3.05) is 6.79 Å². The smallest absolute Gasteiger partial charge is 0.340 e. The van der Waals surface area contributed by atoms with E-state index in [2.05, 4.69) is 11.3 Å². The average molecular weight is 220 g/mol. The SMILES string of the molecule is C=Cc1ccc(C(=O)OCOC(C)=O)cc1. The molecule has 0 N–H and O–H groups in total. The van der Waals surface area contributed by atoms with Crippen LogP contribution >= 0.6 is 0 Å². The Kier molecular flexibility index (Phi) is 4.27. The molecule has 0 spiro atoms. The third kappa shape index (κ3) is 3.57. The first-order chi connectivity index (χ1) is 7.63. The van der Waals surface area contributed by atoms with Gasteiger partial charge in [-0.15, -0.1) is 0 Å². The van der Waals surface area contributed by atoms with Crippen molar-refractivity contribution in [1.29, 1.82) is 0 Å². The maximum atomic E-state index is 11.4. The summed E-state index contributed by atoms with van der Waals surface area (Å²) < 4.78 is 9.19. The fourth-order valence-electron chi connectivity index (χ4n) is 1.00. The molecule has 0 fully saturated rings. The van der Waals surface area contributed by atoms with Crippen LogP contribution in [0.5, 0.6) is 0 Å². The van der Waals surface area contributed by atoms with Crippen LogP contribution < -0.4 is 0 Å². The quantitative estimate of drug-likeness (QED) is 0.575. The maximum absolute atomic E-state index is 11.4. The monoisotopic (exact) mass is 220 g/mol. The van der Waals surface area contributed by atoms with Gasteiger partial charge in [-0.2, -0.15) is 0 Å². The predicted octanol–water partition coefficient (Wildman–Crippen LogP) is 2.01. The third-order valence-electron chi connectivity index (χ3n) is 1.83. The Morgan fingerprint density at radius 2 is 1.88 bits per heavy atom. The molecule has 0 bridgehead atoms. The molecule has 4 heteroatoms. The number of rotatable bonds is 4. The van der Waals surface area contributed by atoms with Crippen molar-refractivity contribution in [2.45, 2.75) is 6.92 Å². The minimum Gasteiger partial charge on any atom is -0.428 e. The van der Waals surface area contributed by atoms with Gasteiger partial charge in [0.2, 0.25) is 6.79 Å². The van der Waals surface area contributed by atoms with Crippen molar-refractivity contribution < 1.29 is 19.1 Å². The molecule has 1 rings (SSSR count). The number of carbonyl (C=O) groups is 2. The van der Waals surface area contributed by atoms with Gasteiger partial charge in [0.1, 0.15) is 0 Å². The van der Waals surface area contributed by atoms with Gasteiger partial charge in [0.05, 0.1) is 5.56 Å². The van der Waals surface area contributed by atoms with Crippen LogP contribution in [0.4, 0.5) is 0 Å². The van der Waals surface area contributed by atoms with Crippen LogP contribution in [-0.2, 0) is 14.3 Å². The molecule has 16 heavy (non-hydrogen) atoms. The van der Waals surface area contributed by atoms with Gasteiger partial charge < -0.3 is 9.47 Å². The fourth-order valence-corrected chi connectivity index (χ4v) is 1.00. The van der Waals surface area contributed by atoms with Crippen LogP contribution in [0.3, 0.4) is 0 Å². The Balaban J connectivity index is 2.52. The average Bonchev–Trinajstić information content (AvgIpc) is 2.28. The van der Waals surface area contributed by atoms with E-state index in [9.17, 15) is 9.59 Å². The van der Waals surface area contributed by atoms with Gasteiger partial charge in [-0.25, -0.2) is 4.79 Å². The lowest BCUT2D eigenvalue weighted by Gasteiger charge is -2.04. The van der Waals surface area contributed by atoms with Gasteiger partial charge in [0, 0.05) is 6.92 Å². The normalized spacial score (nSPS) is 9.31. The molecule has 1 aromatic rings. The first-order valence-corrected chi connectivity index (χ1v) is 4.66. The van der Waals surface area contributed by atoms with Crippen LogP contribution in [0.2, 0.25) is 0 Å². The van der Waals surface area contributed by atoms with Gasteiger partial charge in [-0.1, -0.05) is 24.8 Å². The zero-order chi connectivity index (χ0) is 12.0. The number of esters is 2. The van der Waals surface area contributed by atoms with E-state index >= 15 is 0 Å². The van der Waals surface area contributed by atoms with Gasteiger partial charge in [-0.05, 0) is 17.7 Å². The Morgan fingerprint density at radius 3 is 2.38 bits per heavy atom. The van der Waals surface area contributed by atoms with Crippen LogP contribution in [-0.4, -0.2) is 18.7 Å². The van der Waals surface area contributed by atoms with E-state index in [0.29, 0.717) is 5.56 Å². The number of benzene rings is 1. The van der Waals surface area contributed by atoms with Crippen molar-refractivity contribution in [3.05, 3.63) is 42.0 Å². The summed E-state index contributed by atoms with van der Waals surface area (Å²) in [6.45, 7) is 4.48. The minimum absolute atomic E-state index is 0.364. The first kappa shape index (κ1) is 12.0. The summed E-state index contributed by atoms with van der Waals surface area (Å²) in [5, 5.41) is 0. The molecular formula is C12H12O4. The molecule has 0 unspecified atom stereocenters. The Hall–Kier alpha value is -2.10. The second kappa shape index (κ2) is 5.70. The first-order valence-electron chi connectivity index (χ1n) is 4.66. The predicted molar refractivity (Wildman–Crippen MR) is 58.6 cm³/mol. The third-order valence-corrected chi connectivity index (χ3v) is 1.83. The van der Waals surface area contributed by atoms with E-state index in [-0.39, 0.29) is 6.79 Å². The van der Waals surface area contributed by atoms with E-state index < -0.39 is 11.9 Å². The molecular weight excluding hydrogens is 208 g/mol. The molecule has 0 radical (unpaired) electrons. The molecule has 0 saturated carbocycles. The lowest BCUT2D eigenvalue weighted by atomic mass is 10.1. The Labute approximate surface area is 93.5 Å². The van der Waals surface area contributed by atoms with Gasteiger partial charge in [0.25, 0.3) is 0 Å². The van der Waals surface area contributed by atoms with E-state index in [1.807, 2.05) is 0 Å². The summed E-state index contributed by atoms with van der Waals surface area (Å²) in [7, 11) is 0. The summed E-state index contributed by atoms with van der Waals surface area (Å²) >= 11 is 0. The molecule has 0 saturated heterocycles. The second-order valence-corrected chi connectivity index (χ2v) is 3.01. The van der Waals surface area contributed by atoms with E-state index in [4.69, 9.17) is 4.74 Å². The molecule has 0 aliphatic carbocycles. The second-order valence-electron chi connectivity index (χ2n) is 3.01. The summed E-state index contributed by atoms with van der Waals surface area (Å²) in [6, 6.07) is 6.73. The van der Waals surface area contributed by atoms with Gasteiger partial charge in [-0.3, -0.25) is 4.79 Å². The maximum Gasteiger partial charge on any atom is 0.340 e. The molecule has 1 aromatic carbocycles. The zero-order valence-corrected chi connectivity index (χ0v) is 8.93. The van der Waals surface area contributed by atoms with Crippen LogP contribution in [0, 0.1) is 0 Å².